The highest BCUT2D eigenvalue weighted by molar-refractivity contribution is 5.26. The van der Waals surface area contributed by atoms with E-state index < -0.39 is 11.7 Å². The third kappa shape index (κ3) is 2.77. The molecule has 0 aliphatic carbocycles. The predicted molar refractivity (Wildman–Crippen MR) is 57.2 cm³/mol. The van der Waals surface area contributed by atoms with Gasteiger partial charge in [0.1, 0.15) is 5.82 Å². The Morgan fingerprint density at radius 1 is 1.12 bits per heavy atom. The van der Waals surface area contributed by atoms with E-state index in [-0.39, 0.29) is 0 Å². The SMILES string of the molecule is Nc1ccn(Cc2ccc(C(F)(F)F)cc2)n1. The molecule has 6 heteroatoms. The summed E-state index contributed by atoms with van der Waals surface area (Å²) < 4.78 is 38.5. The number of nitrogens with zero attached hydrogens (tertiary/aromatic N) is 2. The van der Waals surface area contributed by atoms with Gasteiger partial charge in [-0.15, -0.1) is 0 Å². The van der Waals surface area contributed by atoms with Crippen molar-refractivity contribution in [2.45, 2.75) is 12.7 Å². The fourth-order valence-corrected chi connectivity index (χ4v) is 1.45. The van der Waals surface area contributed by atoms with Gasteiger partial charge in [0.15, 0.2) is 0 Å². The van der Waals surface area contributed by atoms with Crippen LogP contribution < -0.4 is 5.73 Å². The van der Waals surface area contributed by atoms with Crippen molar-refractivity contribution in [2.24, 2.45) is 0 Å². The number of halogens is 3. The van der Waals surface area contributed by atoms with Crippen molar-refractivity contribution in [1.82, 2.24) is 9.78 Å². The van der Waals surface area contributed by atoms with Crippen molar-refractivity contribution < 1.29 is 13.2 Å². The predicted octanol–water partition coefficient (Wildman–Crippen LogP) is 2.53. The van der Waals surface area contributed by atoms with Gasteiger partial charge in [-0.1, -0.05) is 12.1 Å². The molecule has 0 radical (unpaired) electrons. The van der Waals surface area contributed by atoms with Crippen LogP contribution in [0, 0.1) is 0 Å². The second kappa shape index (κ2) is 4.12. The molecule has 0 atom stereocenters. The van der Waals surface area contributed by atoms with Crippen LogP contribution in [0.4, 0.5) is 19.0 Å². The molecule has 3 nitrogen and oxygen atoms in total. The Kier molecular flexibility index (Phi) is 2.79. The van der Waals surface area contributed by atoms with Crippen LogP contribution >= 0.6 is 0 Å². The maximum Gasteiger partial charge on any atom is 0.416 e. The summed E-state index contributed by atoms with van der Waals surface area (Å²) in [4.78, 5) is 0. The first-order valence-electron chi connectivity index (χ1n) is 4.90. The maximum atomic E-state index is 12.3. The van der Waals surface area contributed by atoms with Crippen LogP contribution in [0.3, 0.4) is 0 Å². The normalized spacial score (nSPS) is 11.7. The molecule has 1 aromatic heterocycles. The first kappa shape index (κ1) is 11.5. The molecule has 2 N–H and O–H groups in total. The molecule has 0 fully saturated rings. The van der Waals surface area contributed by atoms with Gasteiger partial charge < -0.3 is 5.73 Å². The number of benzene rings is 1. The lowest BCUT2D eigenvalue weighted by Gasteiger charge is -2.07. The molecule has 90 valence electrons. The minimum absolute atomic E-state index is 0.386. The average Bonchev–Trinajstić information content (AvgIpc) is 2.63. The van der Waals surface area contributed by atoms with Gasteiger partial charge in [-0.2, -0.15) is 18.3 Å². The molecule has 0 bridgehead atoms. The Hall–Kier alpha value is -1.98. The van der Waals surface area contributed by atoms with Gasteiger partial charge in [0.2, 0.25) is 0 Å². The molecule has 2 aromatic rings. The lowest BCUT2D eigenvalue weighted by molar-refractivity contribution is -0.137. The largest absolute Gasteiger partial charge is 0.416 e. The van der Waals surface area contributed by atoms with E-state index in [0.717, 1.165) is 17.7 Å². The summed E-state index contributed by atoms with van der Waals surface area (Å²) >= 11 is 0. The maximum absolute atomic E-state index is 12.3. The fraction of sp³-hybridized carbons (Fsp3) is 0.182. The van der Waals surface area contributed by atoms with Crippen molar-refractivity contribution in [3.63, 3.8) is 0 Å². The standard InChI is InChI=1S/C11H10F3N3/c12-11(13,14)9-3-1-8(2-4-9)7-17-6-5-10(15)16-17/h1-6H,7H2,(H2,15,16). The summed E-state index contributed by atoms with van der Waals surface area (Å²) in [5, 5.41) is 3.95. The van der Waals surface area contributed by atoms with Gasteiger partial charge in [0, 0.05) is 6.20 Å². The number of nitrogens with two attached hydrogens (primary N) is 1. The third-order valence-corrected chi connectivity index (χ3v) is 2.29. The molecular weight excluding hydrogens is 231 g/mol. The van der Waals surface area contributed by atoms with Gasteiger partial charge in [-0.3, -0.25) is 4.68 Å². The molecule has 17 heavy (non-hydrogen) atoms. The van der Waals surface area contributed by atoms with E-state index in [1.807, 2.05) is 0 Å². The topological polar surface area (TPSA) is 43.8 Å². The summed E-state index contributed by atoms with van der Waals surface area (Å²) in [7, 11) is 0. The summed E-state index contributed by atoms with van der Waals surface area (Å²) in [6.07, 6.45) is -2.62. The molecule has 0 spiro atoms. The van der Waals surface area contributed by atoms with Crippen LogP contribution in [-0.2, 0) is 12.7 Å². The van der Waals surface area contributed by atoms with E-state index in [2.05, 4.69) is 5.10 Å². The van der Waals surface area contributed by atoms with Crippen LogP contribution in [0.1, 0.15) is 11.1 Å². The highest BCUT2D eigenvalue weighted by Gasteiger charge is 2.29. The first-order valence-corrected chi connectivity index (χ1v) is 4.90. The molecular formula is C11H10F3N3. The Morgan fingerprint density at radius 2 is 1.76 bits per heavy atom. The number of nitrogen functional groups attached to an aromatic ring is 1. The van der Waals surface area contributed by atoms with E-state index in [1.165, 1.54) is 12.1 Å². The molecule has 2 rings (SSSR count). The minimum atomic E-state index is -4.30. The van der Waals surface area contributed by atoms with E-state index in [0.29, 0.717) is 12.4 Å². The average molecular weight is 241 g/mol. The van der Waals surface area contributed by atoms with Gasteiger partial charge >= 0.3 is 6.18 Å². The second-order valence-electron chi connectivity index (χ2n) is 3.63. The van der Waals surface area contributed by atoms with Crippen LogP contribution in [0.2, 0.25) is 0 Å². The minimum Gasteiger partial charge on any atom is -0.382 e. The Labute approximate surface area is 95.7 Å². The molecule has 0 saturated heterocycles. The number of alkyl halides is 3. The molecule has 0 unspecified atom stereocenters. The van der Waals surface area contributed by atoms with E-state index in [1.54, 1.807) is 16.9 Å². The van der Waals surface area contributed by atoms with Gasteiger partial charge in [0.25, 0.3) is 0 Å². The first-order chi connectivity index (χ1) is 7.95. The second-order valence-corrected chi connectivity index (χ2v) is 3.63. The van der Waals surface area contributed by atoms with Crippen molar-refractivity contribution >= 4 is 5.82 Å². The van der Waals surface area contributed by atoms with Crippen molar-refractivity contribution in [1.29, 1.82) is 0 Å². The summed E-state index contributed by atoms with van der Waals surface area (Å²) in [5.74, 6) is 0.386. The molecule has 0 aliphatic heterocycles. The molecule has 0 saturated carbocycles. The lowest BCUT2D eigenvalue weighted by Crippen LogP contribution is -2.06. The van der Waals surface area contributed by atoms with Gasteiger partial charge in [-0.05, 0) is 23.8 Å². The number of anilines is 1. The van der Waals surface area contributed by atoms with Crippen molar-refractivity contribution in [3.8, 4) is 0 Å². The lowest BCUT2D eigenvalue weighted by atomic mass is 10.1. The molecule has 1 heterocycles. The number of rotatable bonds is 2. The summed E-state index contributed by atoms with van der Waals surface area (Å²) in [6, 6.07) is 6.61. The summed E-state index contributed by atoms with van der Waals surface area (Å²) in [5.41, 5.74) is 5.52. The Balaban J connectivity index is 2.13. The van der Waals surface area contributed by atoms with E-state index in [4.69, 9.17) is 5.73 Å². The van der Waals surface area contributed by atoms with Crippen LogP contribution in [0.5, 0.6) is 0 Å². The van der Waals surface area contributed by atoms with E-state index >= 15 is 0 Å². The summed E-state index contributed by atoms with van der Waals surface area (Å²) in [6.45, 7) is 0.398. The van der Waals surface area contributed by atoms with Crippen molar-refractivity contribution in [3.05, 3.63) is 47.7 Å². The number of hydrogen-bond acceptors (Lipinski definition) is 2. The van der Waals surface area contributed by atoms with Crippen LogP contribution in [-0.4, -0.2) is 9.78 Å². The van der Waals surface area contributed by atoms with Gasteiger partial charge in [-0.25, -0.2) is 0 Å². The monoisotopic (exact) mass is 241 g/mol. The fourth-order valence-electron chi connectivity index (χ4n) is 1.45. The van der Waals surface area contributed by atoms with E-state index in [9.17, 15) is 13.2 Å². The zero-order valence-electron chi connectivity index (χ0n) is 8.78. The highest BCUT2D eigenvalue weighted by Crippen LogP contribution is 2.29. The molecule has 0 amide bonds. The zero-order chi connectivity index (χ0) is 12.5. The smallest absolute Gasteiger partial charge is 0.382 e. The number of hydrogen-bond donors (Lipinski definition) is 1. The zero-order valence-corrected chi connectivity index (χ0v) is 8.78. The Bertz CT molecular complexity index is 499. The third-order valence-electron chi connectivity index (χ3n) is 2.29. The Morgan fingerprint density at radius 3 is 2.24 bits per heavy atom. The van der Waals surface area contributed by atoms with Crippen molar-refractivity contribution in [2.75, 3.05) is 5.73 Å². The number of aromatic nitrogens is 2. The van der Waals surface area contributed by atoms with Crippen LogP contribution in [0.25, 0.3) is 0 Å². The molecule has 1 aromatic carbocycles. The molecule has 0 aliphatic rings. The van der Waals surface area contributed by atoms with Crippen LogP contribution in [0.15, 0.2) is 36.5 Å². The highest BCUT2D eigenvalue weighted by atomic mass is 19.4. The van der Waals surface area contributed by atoms with Gasteiger partial charge in [0.05, 0.1) is 12.1 Å². The quantitative estimate of drug-likeness (QED) is 0.878.